The molecule has 1 aliphatic rings. The van der Waals surface area contributed by atoms with Crippen LogP contribution >= 0.6 is 0 Å². The number of nitrogens with zero attached hydrogens (tertiary/aromatic N) is 1. The fraction of sp³-hybridized carbons (Fsp3) is 1.00. The first-order valence-corrected chi connectivity index (χ1v) is 7.32. The monoisotopic (exact) mass is 235 g/mol. The third-order valence-corrected chi connectivity index (χ3v) is 4.96. The smallest absolute Gasteiger partial charge is 0.151 e. The predicted octanol–water partition coefficient (Wildman–Crippen LogP) is 0.124. The summed E-state index contributed by atoms with van der Waals surface area (Å²) in [7, 11) is -0.846. The first-order chi connectivity index (χ1) is 6.98. The highest BCUT2D eigenvalue weighted by molar-refractivity contribution is 7.91. The van der Waals surface area contributed by atoms with Crippen molar-refractivity contribution >= 4 is 9.84 Å². The Hall–Kier alpha value is -0.130. The molecule has 1 fully saturated rings. The Morgan fingerprint density at radius 2 is 2.20 bits per heavy atom. The van der Waals surface area contributed by atoms with Gasteiger partial charge in [-0.15, -0.1) is 0 Å². The van der Waals surface area contributed by atoms with Gasteiger partial charge in [0, 0.05) is 19.2 Å². The van der Waals surface area contributed by atoms with Crippen molar-refractivity contribution in [2.75, 3.05) is 31.7 Å². The number of aliphatic hydroxyl groups is 1. The van der Waals surface area contributed by atoms with Crippen LogP contribution in [0, 0.1) is 5.92 Å². The molecule has 1 N–H and O–H groups in total. The largest absolute Gasteiger partial charge is 0.396 e. The summed E-state index contributed by atoms with van der Waals surface area (Å²) in [6.45, 7) is 3.01. The summed E-state index contributed by atoms with van der Waals surface area (Å²) in [5.41, 5.74) is 0. The Balaban J connectivity index is 2.44. The first kappa shape index (κ1) is 12.9. The normalized spacial score (nSPS) is 27.1. The second-order valence-corrected chi connectivity index (χ2v) is 6.68. The standard InChI is InChI=1S/C10H21NO3S/c1-3-9(7-12)6-11(2)10-4-5-15(13,14)8-10/h9-10,12H,3-8H2,1-2H3. The molecule has 1 rings (SSSR count). The summed E-state index contributed by atoms with van der Waals surface area (Å²) < 4.78 is 22.6. The lowest BCUT2D eigenvalue weighted by atomic mass is 10.1. The SMILES string of the molecule is CCC(CO)CN(C)C1CCS(=O)(=O)C1. The average molecular weight is 235 g/mol. The van der Waals surface area contributed by atoms with Crippen molar-refractivity contribution in [1.82, 2.24) is 4.90 Å². The molecule has 1 aliphatic heterocycles. The summed E-state index contributed by atoms with van der Waals surface area (Å²) in [5.74, 6) is 0.863. The number of rotatable bonds is 5. The molecule has 0 aromatic rings. The Kier molecular flexibility index (Phi) is 4.55. The van der Waals surface area contributed by atoms with Crippen LogP contribution in [0.25, 0.3) is 0 Å². The van der Waals surface area contributed by atoms with Gasteiger partial charge in [-0.05, 0) is 25.8 Å². The van der Waals surface area contributed by atoms with Crippen LogP contribution in [0.2, 0.25) is 0 Å². The molecule has 0 bridgehead atoms. The van der Waals surface area contributed by atoms with Crippen LogP contribution in [-0.4, -0.2) is 56.2 Å². The Morgan fingerprint density at radius 1 is 1.53 bits per heavy atom. The van der Waals surface area contributed by atoms with Gasteiger partial charge in [0.15, 0.2) is 9.84 Å². The van der Waals surface area contributed by atoms with Crippen LogP contribution in [0.15, 0.2) is 0 Å². The maximum Gasteiger partial charge on any atom is 0.151 e. The van der Waals surface area contributed by atoms with E-state index in [9.17, 15) is 8.42 Å². The van der Waals surface area contributed by atoms with E-state index in [-0.39, 0.29) is 24.3 Å². The zero-order chi connectivity index (χ0) is 11.5. The third-order valence-electron chi connectivity index (χ3n) is 3.21. The second kappa shape index (κ2) is 5.27. The van der Waals surface area contributed by atoms with E-state index in [4.69, 9.17) is 5.11 Å². The molecule has 0 spiro atoms. The van der Waals surface area contributed by atoms with Crippen LogP contribution in [0.5, 0.6) is 0 Å². The molecule has 0 aliphatic carbocycles. The molecular formula is C10H21NO3S. The molecule has 2 atom stereocenters. The molecule has 4 nitrogen and oxygen atoms in total. The van der Waals surface area contributed by atoms with Crippen molar-refractivity contribution in [2.24, 2.45) is 5.92 Å². The topological polar surface area (TPSA) is 57.6 Å². The van der Waals surface area contributed by atoms with E-state index in [2.05, 4.69) is 4.90 Å². The van der Waals surface area contributed by atoms with E-state index in [0.29, 0.717) is 5.75 Å². The van der Waals surface area contributed by atoms with Gasteiger partial charge in [-0.25, -0.2) is 8.42 Å². The number of hydrogen-bond donors (Lipinski definition) is 1. The lowest BCUT2D eigenvalue weighted by molar-refractivity contribution is 0.156. The molecular weight excluding hydrogens is 214 g/mol. The summed E-state index contributed by atoms with van der Waals surface area (Å²) in [5, 5.41) is 9.08. The van der Waals surface area contributed by atoms with Crippen molar-refractivity contribution in [3.63, 3.8) is 0 Å². The van der Waals surface area contributed by atoms with Crippen LogP contribution in [0.1, 0.15) is 19.8 Å². The van der Waals surface area contributed by atoms with Gasteiger partial charge in [0.1, 0.15) is 0 Å². The molecule has 0 amide bonds. The molecule has 2 unspecified atom stereocenters. The second-order valence-electron chi connectivity index (χ2n) is 4.45. The summed E-state index contributed by atoms with van der Waals surface area (Å²) in [6, 6.07) is 0.149. The average Bonchev–Trinajstić information content (AvgIpc) is 2.55. The highest BCUT2D eigenvalue weighted by Gasteiger charge is 2.31. The molecule has 0 saturated carbocycles. The van der Waals surface area contributed by atoms with Gasteiger partial charge in [0.05, 0.1) is 11.5 Å². The fourth-order valence-electron chi connectivity index (χ4n) is 2.00. The van der Waals surface area contributed by atoms with Crippen LogP contribution in [0.3, 0.4) is 0 Å². The van der Waals surface area contributed by atoms with Crippen molar-refractivity contribution in [1.29, 1.82) is 0 Å². The maximum absolute atomic E-state index is 11.3. The molecule has 15 heavy (non-hydrogen) atoms. The summed E-state index contributed by atoms with van der Waals surface area (Å²) in [6.07, 6.45) is 1.67. The Labute approximate surface area is 92.2 Å². The zero-order valence-corrected chi connectivity index (χ0v) is 10.3. The minimum Gasteiger partial charge on any atom is -0.396 e. The van der Waals surface area contributed by atoms with Crippen molar-refractivity contribution in [2.45, 2.75) is 25.8 Å². The minimum atomic E-state index is -2.79. The van der Waals surface area contributed by atoms with Gasteiger partial charge in [-0.1, -0.05) is 6.92 Å². The van der Waals surface area contributed by atoms with Crippen molar-refractivity contribution in [3.05, 3.63) is 0 Å². The quantitative estimate of drug-likeness (QED) is 0.735. The molecule has 1 saturated heterocycles. The molecule has 90 valence electrons. The highest BCUT2D eigenvalue weighted by atomic mass is 32.2. The van der Waals surface area contributed by atoms with Gasteiger partial charge in [0.25, 0.3) is 0 Å². The molecule has 5 heteroatoms. The predicted molar refractivity (Wildman–Crippen MR) is 60.6 cm³/mol. The van der Waals surface area contributed by atoms with Crippen molar-refractivity contribution < 1.29 is 13.5 Å². The number of sulfone groups is 1. The van der Waals surface area contributed by atoms with Gasteiger partial charge >= 0.3 is 0 Å². The fourth-order valence-corrected chi connectivity index (χ4v) is 3.80. The van der Waals surface area contributed by atoms with Gasteiger partial charge in [0.2, 0.25) is 0 Å². The summed E-state index contributed by atoms with van der Waals surface area (Å²) >= 11 is 0. The first-order valence-electron chi connectivity index (χ1n) is 5.50. The third kappa shape index (κ3) is 3.74. The maximum atomic E-state index is 11.3. The van der Waals surface area contributed by atoms with Gasteiger partial charge in [-0.3, -0.25) is 0 Å². The van der Waals surface area contributed by atoms with E-state index in [1.165, 1.54) is 0 Å². The van der Waals surface area contributed by atoms with E-state index >= 15 is 0 Å². The van der Waals surface area contributed by atoms with E-state index in [1.807, 2.05) is 14.0 Å². The lowest BCUT2D eigenvalue weighted by Crippen LogP contribution is -2.37. The number of aliphatic hydroxyl groups excluding tert-OH is 1. The Bertz CT molecular complexity index is 285. The van der Waals surface area contributed by atoms with Gasteiger partial charge in [-0.2, -0.15) is 0 Å². The van der Waals surface area contributed by atoms with Gasteiger partial charge < -0.3 is 10.0 Å². The van der Waals surface area contributed by atoms with Crippen LogP contribution in [-0.2, 0) is 9.84 Å². The zero-order valence-electron chi connectivity index (χ0n) is 9.52. The molecule has 0 aromatic heterocycles. The Morgan fingerprint density at radius 3 is 2.60 bits per heavy atom. The van der Waals surface area contributed by atoms with E-state index in [0.717, 1.165) is 19.4 Å². The molecule has 1 heterocycles. The minimum absolute atomic E-state index is 0.149. The van der Waals surface area contributed by atoms with Crippen LogP contribution < -0.4 is 0 Å². The number of hydrogen-bond acceptors (Lipinski definition) is 4. The van der Waals surface area contributed by atoms with Crippen LogP contribution in [0.4, 0.5) is 0 Å². The summed E-state index contributed by atoms with van der Waals surface area (Å²) in [4.78, 5) is 2.08. The van der Waals surface area contributed by atoms with E-state index < -0.39 is 9.84 Å². The van der Waals surface area contributed by atoms with E-state index in [1.54, 1.807) is 0 Å². The lowest BCUT2D eigenvalue weighted by Gasteiger charge is -2.26. The molecule has 0 radical (unpaired) electrons. The molecule has 0 aromatic carbocycles. The van der Waals surface area contributed by atoms with Crippen molar-refractivity contribution in [3.8, 4) is 0 Å². The highest BCUT2D eigenvalue weighted by Crippen LogP contribution is 2.18.